The predicted molar refractivity (Wildman–Crippen MR) is 81.2 cm³/mol. The molecule has 1 heterocycles. The van der Waals surface area contributed by atoms with E-state index in [0.29, 0.717) is 18.8 Å². The molecule has 0 bridgehead atoms. The Hall–Kier alpha value is -1.66. The average molecular weight is 329 g/mol. The number of methoxy groups -OCH3 is 1. The lowest BCUT2D eigenvalue weighted by atomic mass is 10.1. The molecule has 7 heteroatoms. The van der Waals surface area contributed by atoms with Crippen molar-refractivity contribution in [3.05, 3.63) is 29.0 Å². The van der Waals surface area contributed by atoms with Crippen LogP contribution in [0.2, 0.25) is 5.02 Å². The van der Waals surface area contributed by atoms with Gasteiger partial charge in [-0.1, -0.05) is 11.6 Å². The molecule has 120 valence electrons. The van der Waals surface area contributed by atoms with E-state index in [-0.39, 0.29) is 29.3 Å². The fourth-order valence-corrected chi connectivity index (χ4v) is 2.66. The molecule has 0 spiro atoms. The third-order valence-electron chi connectivity index (χ3n) is 3.66. The Labute approximate surface area is 133 Å². The van der Waals surface area contributed by atoms with Crippen molar-refractivity contribution in [1.29, 1.82) is 0 Å². The number of hydrogen-bond donors (Lipinski definition) is 1. The Bertz CT molecular complexity index is 582. The zero-order valence-corrected chi connectivity index (χ0v) is 13.2. The summed E-state index contributed by atoms with van der Waals surface area (Å²) >= 11 is 5.68. The minimum absolute atomic E-state index is 0.0596. The second-order valence-electron chi connectivity index (χ2n) is 5.37. The summed E-state index contributed by atoms with van der Waals surface area (Å²) in [5, 5.41) is 2.60. The van der Waals surface area contributed by atoms with Gasteiger partial charge in [-0.2, -0.15) is 0 Å². The highest BCUT2D eigenvalue weighted by atomic mass is 35.5. The number of halogens is 2. The first-order valence-electron chi connectivity index (χ1n) is 6.96. The lowest BCUT2D eigenvalue weighted by Crippen LogP contribution is -2.38. The van der Waals surface area contributed by atoms with Crippen molar-refractivity contribution < 1.29 is 18.7 Å². The molecule has 1 aliphatic rings. The maximum absolute atomic E-state index is 13.1. The Morgan fingerprint density at radius 3 is 2.95 bits per heavy atom. The number of benzene rings is 1. The van der Waals surface area contributed by atoms with E-state index < -0.39 is 11.7 Å². The summed E-state index contributed by atoms with van der Waals surface area (Å²) in [5.41, 5.74) is 0.409. The van der Waals surface area contributed by atoms with E-state index in [1.54, 1.807) is 12.0 Å². The summed E-state index contributed by atoms with van der Waals surface area (Å²) in [6.07, 6.45) is 0.162. The van der Waals surface area contributed by atoms with E-state index in [0.717, 1.165) is 0 Å². The molecule has 0 unspecified atom stereocenters. The highest BCUT2D eigenvalue weighted by molar-refractivity contribution is 6.31. The van der Waals surface area contributed by atoms with Crippen LogP contribution in [-0.4, -0.2) is 43.0 Å². The first-order chi connectivity index (χ1) is 10.4. The number of ether oxygens (including phenoxy) is 1. The van der Waals surface area contributed by atoms with E-state index in [2.05, 4.69) is 5.32 Å². The molecule has 1 saturated heterocycles. The van der Waals surface area contributed by atoms with Crippen LogP contribution in [0.3, 0.4) is 0 Å². The standard InChI is InChI=1S/C15H18ClFN2O3/c1-9(8-22-2)19-7-10(5-14(19)20)15(21)18-11-3-4-13(17)12(16)6-11/h3-4,6,9-10H,5,7-8H2,1-2H3,(H,18,21)/t9-,10+/m1/s1. The van der Waals surface area contributed by atoms with Gasteiger partial charge in [-0.3, -0.25) is 9.59 Å². The summed E-state index contributed by atoms with van der Waals surface area (Å²) in [5.74, 6) is -1.32. The number of carbonyl (C=O) groups excluding carboxylic acids is 2. The second-order valence-corrected chi connectivity index (χ2v) is 5.78. The summed E-state index contributed by atoms with van der Waals surface area (Å²) < 4.78 is 18.1. The number of carbonyl (C=O) groups is 2. The quantitative estimate of drug-likeness (QED) is 0.902. The Morgan fingerprint density at radius 2 is 2.32 bits per heavy atom. The van der Waals surface area contributed by atoms with E-state index in [9.17, 15) is 14.0 Å². The van der Waals surface area contributed by atoms with Gasteiger partial charge >= 0.3 is 0 Å². The van der Waals surface area contributed by atoms with Gasteiger partial charge in [0.2, 0.25) is 11.8 Å². The molecule has 0 saturated carbocycles. The Kier molecular flexibility index (Phi) is 5.37. The van der Waals surface area contributed by atoms with Gasteiger partial charge in [0.05, 0.1) is 23.6 Å². The fraction of sp³-hybridized carbons (Fsp3) is 0.467. The van der Waals surface area contributed by atoms with Crippen LogP contribution in [0.25, 0.3) is 0 Å². The second kappa shape index (κ2) is 7.07. The zero-order chi connectivity index (χ0) is 16.3. The van der Waals surface area contributed by atoms with Crippen LogP contribution in [0.1, 0.15) is 13.3 Å². The van der Waals surface area contributed by atoms with E-state index in [1.165, 1.54) is 18.2 Å². The lowest BCUT2D eigenvalue weighted by molar-refractivity contribution is -0.130. The van der Waals surface area contributed by atoms with Gasteiger partial charge in [0.1, 0.15) is 5.82 Å². The third-order valence-corrected chi connectivity index (χ3v) is 3.95. The number of nitrogens with zero attached hydrogens (tertiary/aromatic N) is 1. The molecule has 1 fully saturated rings. The molecule has 1 aromatic rings. The Morgan fingerprint density at radius 1 is 1.59 bits per heavy atom. The van der Waals surface area contributed by atoms with Crippen LogP contribution in [-0.2, 0) is 14.3 Å². The normalized spacial score (nSPS) is 19.4. The molecule has 2 rings (SSSR count). The van der Waals surface area contributed by atoms with Crippen LogP contribution in [0.4, 0.5) is 10.1 Å². The predicted octanol–water partition coefficient (Wildman–Crippen LogP) is 2.30. The van der Waals surface area contributed by atoms with Crippen molar-refractivity contribution in [1.82, 2.24) is 4.90 Å². The van der Waals surface area contributed by atoms with Gasteiger partial charge in [-0.15, -0.1) is 0 Å². The van der Waals surface area contributed by atoms with E-state index in [1.807, 2.05) is 6.92 Å². The van der Waals surface area contributed by atoms with Crippen molar-refractivity contribution in [3.63, 3.8) is 0 Å². The number of anilines is 1. The number of hydrogen-bond acceptors (Lipinski definition) is 3. The monoisotopic (exact) mass is 328 g/mol. The molecule has 1 aliphatic heterocycles. The molecular weight excluding hydrogens is 311 g/mol. The molecule has 2 amide bonds. The van der Waals surface area contributed by atoms with E-state index in [4.69, 9.17) is 16.3 Å². The third kappa shape index (κ3) is 3.75. The lowest BCUT2D eigenvalue weighted by Gasteiger charge is -2.23. The van der Waals surface area contributed by atoms with Crippen LogP contribution >= 0.6 is 11.6 Å². The summed E-state index contributed by atoms with van der Waals surface area (Å²) in [4.78, 5) is 25.8. The topological polar surface area (TPSA) is 58.6 Å². The number of rotatable bonds is 5. The molecule has 0 radical (unpaired) electrons. The van der Waals surface area contributed by atoms with Gasteiger partial charge < -0.3 is 15.0 Å². The van der Waals surface area contributed by atoms with Gasteiger partial charge in [0.25, 0.3) is 0 Å². The molecule has 5 nitrogen and oxygen atoms in total. The Balaban J connectivity index is 1.99. The van der Waals surface area contributed by atoms with Gasteiger partial charge in [0.15, 0.2) is 0 Å². The molecule has 1 N–H and O–H groups in total. The fourth-order valence-electron chi connectivity index (χ4n) is 2.48. The van der Waals surface area contributed by atoms with Crippen LogP contribution in [0.5, 0.6) is 0 Å². The molecule has 0 aromatic heterocycles. The van der Waals surface area contributed by atoms with Gasteiger partial charge in [-0.25, -0.2) is 4.39 Å². The maximum atomic E-state index is 13.1. The summed E-state index contributed by atoms with van der Waals surface area (Å²) in [6.45, 7) is 2.65. The average Bonchev–Trinajstić information content (AvgIpc) is 2.85. The first kappa shape index (κ1) is 16.7. The smallest absolute Gasteiger partial charge is 0.229 e. The summed E-state index contributed by atoms with van der Waals surface area (Å²) in [7, 11) is 1.57. The van der Waals surface area contributed by atoms with Crippen molar-refractivity contribution >= 4 is 29.1 Å². The van der Waals surface area contributed by atoms with E-state index >= 15 is 0 Å². The highest BCUT2D eigenvalue weighted by Crippen LogP contribution is 2.24. The molecule has 1 aromatic carbocycles. The van der Waals surface area contributed by atoms with Crippen LogP contribution < -0.4 is 5.32 Å². The maximum Gasteiger partial charge on any atom is 0.229 e. The van der Waals surface area contributed by atoms with Gasteiger partial charge in [-0.05, 0) is 25.1 Å². The number of nitrogens with one attached hydrogen (secondary N) is 1. The molecule has 2 atom stereocenters. The zero-order valence-electron chi connectivity index (χ0n) is 12.4. The minimum Gasteiger partial charge on any atom is -0.383 e. The van der Waals surface area contributed by atoms with Crippen molar-refractivity contribution in [2.45, 2.75) is 19.4 Å². The molecule has 0 aliphatic carbocycles. The van der Waals surface area contributed by atoms with Crippen LogP contribution in [0.15, 0.2) is 18.2 Å². The van der Waals surface area contributed by atoms with Gasteiger partial charge in [0, 0.05) is 25.8 Å². The number of amides is 2. The van der Waals surface area contributed by atoms with Crippen molar-refractivity contribution in [2.75, 3.05) is 25.6 Å². The van der Waals surface area contributed by atoms with Crippen LogP contribution in [0, 0.1) is 11.7 Å². The number of likely N-dealkylation sites (tertiary alicyclic amines) is 1. The molecule has 22 heavy (non-hydrogen) atoms. The first-order valence-corrected chi connectivity index (χ1v) is 7.34. The highest BCUT2D eigenvalue weighted by Gasteiger charge is 2.36. The minimum atomic E-state index is -0.546. The summed E-state index contributed by atoms with van der Waals surface area (Å²) in [6, 6.07) is 3.89. The largest absolute Gasteiger partial charge is 0.383 e. The molecular formula is C15H18ClFN2O3. The SMILES string of the molecule is COC[C@@H](C)N1C[C@@H](C(=O)Nc2ccc(F)c(Cl)c2)CC1=O. The van der Waals surface area contributed by atoms with Crippen molar-refractivity contribution in [2.24, 2.45) is 5.92 Å². The van der Waals surface area contributed by atoms with Crippen molar-refractivity contribution in [3.8, 4) is 0 Å².